The molecule has 1 aromatic heterocycles. The zero-order valence-electron chi connectivity index (χ0n) is 11.9. The van der Waals surface area contributed by atoms with Crippen molar-refractivity contribution in [1.82, 2.24) is 9.55 Å². The van der Waals surface area contributed by atoms with Crippen molar-refractivity contribution in [3.05, 3.63) is 41.2 Å². The zero-order valence-corrected chi connectivity index (χ0v) is 12.7. The SMILES string of the molecule is CCc1cccc(C)c1-n1c(C)cnc1SCC(=O)O. The van der Waals surface area contributed by atoms with Crippen LogP contribution in [0.15, 0.2) is 29.6 Å². The molecule has 0 saturated heterocycles. The lowest BCUT2D eigenvalue weighted by molar-refractivity contribution is -0.133. The van der Waals surface area contributed by atoms with Crippen LogP contribution in [0.25, 0.3) is 5.69 Å². The summed E-state index contributed by atoms with van der Waals surface area (Å²) in [7, 11) is 0. The Hall–Kier alpha value is -1.75. The van der Waals surface area contributed by atoms with Gasteiger partial charge in [-0.05, 0) is 31.4 Å². The summed E-state index contributed by atoms with van der Waals surface area (Å²) in [5.41, 5.74) is 4.55. The average Bonchev–Trinajstić information content (AvgIpc) is 2.77. The smallest absolute Gasteiger partial charge is 0.313 e. The molecule has 5 heteroatoms. The normalized spacial score (nSPS) is 10.8. The van der Waals surface area contributed by atoms with Crippen LogP contribution in [-0.4, -0.2) is 26.4 Å². The monoisotopic (exact) mass is 290 g/mol. The second kappa shape index (κ2) is 6.13. The van der Waals surface area contributed by atoms with E-state index < -0.39 is 5.97 Å². The number of carboxylic acid groups (broad SMARTS) is 1. The van der Waals surface area contributed by atoms with E-state index in [2.05, 4.69) is 35.5 Å². The van der Waals surface area contributed by atoms with Crippen LogP contribution in [0.5, 0.6) is 0 Å². The van der Waals surface area contributed by atoms with Gasteiger partial charge >= 0.3 is 5.97 Å². The van der Waals surface area contributed by atoms with Crippen molar-refractivity contribution < 1.29 is 9.90 Å². The molecule has 0 amide bonds. The number of aromatic nitrogens is 2. The molecule has 1 N–H and O–H groups in total. The first-order chi connectivity index (χ1) is 9.54. The number of hydrogen-bond donors (Lipinski definition) is 1. The van der Waals surface area contributed by atoms with Crippen molar-refractivity contribution >= 4 is 17.7 Å². The number of aliphatic carboxylic acids is 1. The number of carboxylic acids is 1. The molecule has 0 atom stereocenters. The number of para-hydroxylation sites is 1. The Morgan fingerprint density at radius 1 is 1.40 bits per heavy atom. The number of carbonyl (C=O) groups is 1. The van der Waals surface area contributed by atoms with Crippen LogP contribution in [0.3, 0.4) is 0 Å². The first kappa shape index (κ1) is 14.7. The molecule has 0 aliphatic heterocycles. The van der Waals surface area contributed by atoms with E-state index in [1.54, 1.807) is 6.20 Å². The van der Waals surface area contributed by atoms with Crippen molar-refractivity contribution in [3.63, 3.8) is 0 Å². The molecule has 20 heavy (non-hydrogen) atoms. The Balaban J connectivity index is 2.52. The molecule has 0 saturated carbocycles. The summed E-state index contributed by atoms with van der Waals surface area (Å²) < 4.78 is 2.06. The molecule has 0 fully saturated rings. The fraction of sp³-hybridized carbons (Fsp3) is 0.333. The molecule has 0 spiro atoms. The van der Waals surface area contributed by atoms with Gasteiger partial charge in [0.25, 0.3) is 0 Å². The van der Waals surface area contributed by atoms with Crippen LogP contribution in [0.4, 0.5) is 0 Å². The van der Waals surface area contributed by atoms with E-state index in [1.165, 1.54) is 22.9 Å². The van der Waals surface area contributed by atoms with Gasteiger partial charge in [0, 0.05) is 11.9 Å². The van der Waals surface area contributed by atoms with Crippen molar-refractivity contribution in [2.24, 2.45) is 0 Å². The van der Waals surface area contributed by atoms with Gasteiger partial charge in [-0.3, -0.25) is 9.36 Å². The van der Waals surface area contributed by atoms with Gasteiger partial charge in [0.1, 0.15) is 0 Å². The molecule has 0 bridgehead atoms. The van der Waals surface area contributed by atoms with Crippen LogP contribution in [-0.2, 0) is 11.2 Å². The molecule has 2 aromatic rings. The number of imidazole rings is 1. The number of benzene rings is 1. The highest BCUT2D eigenvalue weighted by Crippen LogP contribution is 2.28. The van der Waals surface area contributed by atoms with Crippen LogP contribution >= 0.6 is 11.8 Å². The molecule has 1 aromatic carbocycles. The lowest BCUT2D eigenvalue weighted by Gasteiger charge is -2.16. The lowest BCUT2D eigenvalue weighted by atomic mass is 10.1. The maximum Gasteiger partial charge on any atom is 0.313 e. The molecular weight excluding hydrogens is 272 g/mol. The molecular formula is C15H18N2O2S. The molecule has 2 rings (SSSR count). The summed E-state index contributed by atoms with van der Waals surface area (Å²) in [6.45, 7) is 6.18. The summed E-state index contributed by atoms with van der Waals surface area (Å²) in [5.74, 6) is -0.813. The van der Waals surface area contributed by atoms with E-state index in [0.29, 0.717) is 0 Å². The maximum absolute atomic E-state index is 10.8. The molecule has 0 aliphatic carbocycles. The van der Waals surface area contributed by atoms with Crippen molar-refractivity contribution in [2.45, 2.75) is 32.3 Å². The first-order valence-electron chi connectivity index (χ1n) is 6.52. The van der Waals surface area contributed by atoms with Crippen LogP contribution < -0.4 is 0 Å². The molecule has 0 aliphatic rings. The Kier molecular flexibility index (Phi) is 4.49. The average molecular weight is 290 g/mol. The molecule has 4 nitrogen and oxygen atoms in total. The largest absolute Gasteiger partial charge is 0.481 e. The van der Waals surface area contributed by atoms with Gasteiger partial charge in [-0.25, -0.2) is 4.98 Å². The highest BCUT2D eigenvalue weighted by atomic mass is 32.2. The van der Waals surface area contributed by atoms with E-state index in [9.17, 15) is 4.79 Å². The Bertz CT molecular complexity index is 635. The van der Waals surface area contributed by atoms with E-state index >= 15 is 0 Å². The summed E-state index contributed by atoms with van der Waals surface area (Å²) in [4.78, 5) is 15.1. The van der Waals surface area contributed by atoms with E-state index in [1.807, 2.05) is 13.0 Å². The summed E-state index contributed by atoms with van der Waals surface area (Å²) in [6.07, 6.45) is 2.72. The molecule has 0 radical (unpaired) electrons. The Morgan fingerprint density at radius 3 is 2.80 bits per heavy atom. The minimum absolute atomic E-state index is 0.0177. The molecule has 106 valence electrons. The van der Waals surface area contributed by atoms with E-state index in [0.717, 1.165) is 23.0 Å². The van der Waals surface area contributed by atoms with E-state index in [-0.39, 0.29) is 5.75 Å². The van der Waals surface area contributed by atoms with Gasteiger partial charge in [0.15, 0.2) is 5.16 Å². The number of thioether (sulfide) groups is 1. The predicted molar refractivity (Wildman–Crippen MR) is 80.8 cm³/mol. The number of hydrogen-bond acceptors (Lipinski definition) is 3. The van der Waals surface area contributed by atoms with E-state index in [4.69, 9.17) is 5.11 Å². The van der Waals surface area contributed by atoms with Crippen molar-refractivity contribution in [2.75, 3.05) is 5.75 Å². The Morgan fingerprint density at radius 2 is 2.15 bits per heavy atom. The fourth-order valence-electron chi connectivity index (χ4n) is 2.24. The summed E-state index contributed by atoms with van der Waals surface area (Å²) in [5, 5.41) is 9.57. The topological polar surface area (TPSA) is 55.1 Å². The fourth-order valence-corrected chi connectivity index (χ4v) is 2.98. The first-order valence-corrected chi connectivity index (χ1v) is 7.51. The van der Waals surface area contributed by atoms with Gasteiger partial charge in [0.05, 0.1) is 11.4 Å². The van der Waals surface area contributed by atoms with Crippen molar-refractivity contribution in [1.29, 1.82) is 0 Å². The van der Waals surface area contributed by atoms with Gasteiger partial charge in [-0.1, -0.05) is 36.9 Å². The van der Waals surface area contributed by atoms with Gasteiger partial charge in [-0.2, -0.15) is 0 Å². The molecule has 0 unspecified atom stereocenters. The van der Waals surface area contributed by atoms with Gasteiger partial charge in [0.2, 0.25) is 0 Å². The molecule has 1 heterocycles. The second-order valence-corrected chi connectivity index (χ2v) is 5.58. The zero-order chi connectivity index (χ0) is 14.7. The van der Waals surface area contributed by atoms with Crippen LogP contribution in [0.1, 0.15) is 23.7 Å². The third-order valence-electron chi connectivity index (χ3n) is 3.16. The highest BCUT2D eigenvalue weighted by molar-refractivity contribution is 7.99. The van der Waals surface area contributed by atoms with Crippen LogP contribution in [0, 0.1) is 13.8 Å². The predicted octanol–water partition coefficient (Wildman–Crippen LogP) is 3.23. The second-order valence-electron chi connectivity index (χ2n) is 4.64. The third-order valence-corrected chi connectivity index (χ3v) is 4.09. The van der Waals surface area contributed by atoms with Crippen molar-refractivity contribution in [3.8, 4) is 5.69 Å². The summed E-state index contributed by atoms with van der Waals surface area (Å²) in [6, 6.07) is 6.22. The minimum atomic E-state index is -0.831. The van der Waals surface area contributed by atoms with Gasteiger partial charge in [-0.15, -0.1) is 0 Å². The number of nitrogens with zero attached hydrogens (tertiary/aromatic N) is 2. The quantitative estimate of drug-likeness (QED) is 0.859. The number of aryl methyl sites for hydroxylation is 3. The lowest BCUT2D eigenvalue weighted by Crippen LogP contribution is -2.07. The highest BCUT2D eigenvalue weighted by Gasteiger charge is 2.15. The number of rotatable bonds is 5. The van der Waals surface area contributed by atoms with Gasteiger partial charge < -0.3 is 5.11 Å². The minimum Gasteiger partial charge on any atom is -0.481 e. The Labute approximate surface area is 122 Å². The maximum atomic E-state index is 10.8. The van der Waals surface area contributed by atoms with Crippen LogP contribution in [0.2, 0.25) is 0 Å². The summed E-state index contributed by atoms with van der Waals surface area (Å²) >= 11 is 1.25. The standard InChI is InChI=1S/C15H18N2O2S/c1-4-12-7-5-6-10(2)14(12)17-11(3)8-16-15(17)20-9-13(18)19/h5-8H,4,9H2,1-3H3,(H,18,19). The third kappa shape index (κ3) is 2.88.